The van der Waals surface area contributed by atoms with Crippen molar-refractivity contribution in [3.63, 3.8) is 0 Å². The van der Waals surface area contributed by atoms with E-state index in [2.05, 4.69) is 26.4 Å². The highest BCUT2D eigenvalue weighted by atomic mass is 32.1. The monoisotopic (exact) mass is 457 g/mol. The third kappa shape index (κ3) is 3.90. The minimum atomic E-state index is -4.37. The normalized spacial score (nSPS) is 12.7. The first-order chi connectivity index (χ1) is 15.2. The highest BCUT2D eigenvalue weighted by molar-refractivity contribution is 7.12. The van der Waals surface area contributed by atoms with Gasteiger partial charge >= 0.3 is 6.18 Å². The smallest absolute Gasteiger partial charge is 0.309 e. The summed E-state index contributed by atoms with van der Waals surface area (Å²) in [6.07, 6.45) is 0.481. The Balaban J connectivity index is 1.80. The number of pyridine rings is 2. The molecule has 0 radical (unpaired) electrons. The van der Waals surface area contributed by atoms with E-state index in [0.29, 0.717) is 28.2 Å². The molecule has 0 saturated carbocycles. The fraction of sp³-hybridized carbons (Fsp3) is 0.238. The number of nitrogens with zero attached hydrogens (tertiary/aromatic N) is 6. The second kappa shape index (κ2) is 8.22. The van der Waals surface area contributed by atoms with Crippen LogP contribution in [0.25, 0.3) is 27.4 Å². The van der Waals surface area contributed by atoms with Crippen molar-refractivity contribution in [2.24, 2.45) is 0 Å². The van der Waals surface area contributed by atoms with Gasteiger partial charge in [-0.1, -0.05) is 0 Å². The number of aromatic nitrogens is 4. The van der Waals surface area contributed by atoms with E-state index in [1.807, 2.05) is 17.6 Å². The number of aryl methyl sites for hydroxylation is 1. The van der Waals surface area contributed by atoms with Crippen LogP contribution in [0.4, 0.5) is 18.9 Å². The summed E-state index contributed by atoms with van der Waals surface area (Å²) < 4.78 is 40.5. The summed E-state index contributed by atoms with van der Waals surface area (Å²) >= 11 is 1.41. The Bertz CT molecular complexity index is 1290. The first kappa shape index (κ1) is 21.7. The molecule has 1 atom stereocenters. The molecule has 11 heteroatoms. The predicted molar refractivity (Wildman–Crippen MR) is 116 cm³/mol. The van der Waals surface area contributed by atoms with Crippen LogP contribution < -0.4 is 10.4 Å². The first-order valence-electron chi connectivity index (χ1n) is 9.53. The maximum atomic E-state index is 12.9. The minimum absolute atomic E-state index is 0.367. The molecule has 4 rings (SSSR count). The van der Waals surface area contributed by atoms with Crippen molar-refractivity contribution in [2.45, 2.75) is 26.1 Å². The van der Waals surface area contributed by atoms with Crippen molar-refractivity contribution in [1.29, 1.82) is 5.26 Å². The minimum Gasteiger partial charge on any atom is -0.309 e. The number of thiazole rings is 1. The van der Waals surface area contributed by atoms with Gasteiger partial charge in [0.2, 0.25) is 0 Å². The van der Waals surface area contributed by atoms with Gasteiger partial charge in [0.1, 0.15) is 28.2 Å². The number of rotatable bonds is 5. The van der Waals surface area contributed by atoms with E-state index in [-0.39, 0.29) is 0 Å². The number of nitrogens with one attached hydrogen (secondary N) is 1. The summed E-state index contributed by atoms with van der Waals surface area (Å²) in [7, 11) is 1.49. The van der Waals surface area contributed by atoms with Crippen LogP contribution in [0.5, 0.6) is 0 Å². The van der Waals surface area contributed by atoms with Crippen LogP contribution in [0.2, 0.25) is 0 Å². The largest absolute Gasteiger partial charge is 0.405 e. The van der Waals surface area contributed by atoms with Gasteiger partial charge in [0, 0.05) is 13.2 Å². The van der Waals surface area contributed by atoms with E-state index in [0.717, 1.165) is 23.0 Å². The molecule has 0 saturated heterocycles. The van der Waals surface area contributed by atoms with Gasteiger partial charge in [0.15, 0.2) is 0 Å². The predicted octanol–water partition coefficient (Wildman–Crippen LogP) is 4.62. The Labute approximate surface area is 185 Å². The van der Waals surface area contributed by atoms with E-state index in [1.165, 1.54) is 29.6 Å². The molecule has 4 aromatic rings. The number of hydrogen-bond donors (Lipinski definition) is 1. The molecule has 32 heavy (non-hydrogen) atoms. The second-order valence-electron chi connectivity index (χ2n) is 7.24. The molecule has 1 unspecified atom stereocenters. The molecular weight excluding hydrogens is 439 g/mol. The van der Waals surface area contributed by atoms with E-state index < -0.39 is 12.2 Å². The lowest BCUT2D eigenvalue weighted by Crippen LogP contribution is -2.48. The molecule has 0 aromatic carbocycles. The van der Waals surface area contributed by atoms with Gasteiger partial charge in [0.05, 0.1) is 40.5 Å². The van der Waals surface area contributed by atoms with Crippen molar-refractivity contribution < 1.29 is 13.2 Å². The maximum Gasteiger partial charge on any atom is 0.405 e. The molecule has 0 aliphatic rings. The molecule has 4 heterocycles. The number of hydrazine groups is 1. The zero-order valence-electron chi connectivity index (χ0n) is 17.3. The van der Waals surface area contributed by atoms with Crippen molar-refractivity contribution in [3.05, 3.63) is 53.4 Å². The van der Waals surface area contributed by atoms with Gasteiger partial charge in [-0.25, -0.2) is 5.43 Å². The topological polar surface area (TPSA) is 82.7 Å². The average molecular weight is 457 g/mol. The van der Waals surface area contributed by atoms with Gasteiger partial charge < -0.3 is 5.01 Å². The quantitative estimate of drug-likeness (QED) is 0.441. The summed E-state index contributed by atoms with van der Waals surface area (Å²) in [5.74, 6) is 0. The van der Waals surface area contributed by atoms with Crippen LogP contribution in [-0.2, 0) is 0 Å². The average Bonchev–Trinajstić information content (AvgIpc) is 3.38. The van der Waals surface area contributed by atoms with E-state index in [1.54, 1.807) is 30.0 Å². The van der Waals surface area contributed by atoms with E-state index in [4.69, 9.17) is 0 Å². The van der Waals surface area contributed by atoms with Crippen LogP contribution in [0.1, 0.15) is 18.1 Å². The Hall–Kier alpha value is -3.49. The Kier molecular flexibility index (Phi) is 5.58. The lowest BCUT2D eigenvalue weighted by Gasteiger charge is -2.26. The number of halogens is 3. The Morgan fingerprint density at radius 2 is 2.00 bits per heavy atom. The molecule has 0 aliphatic heterocycles. The van der Waals surface area contributed by atoms with Crippen molar-refractivity contribution >= 4 is 28.1 Å². The second-order valence-corrected chi connectivity index (χ2v) is 8.11. The van der Waals surface area contributed by atoms with Crippen LogP contribution in [0.3, 0.4) is 0 Å². The number of nitriles is 1. The fourth-order valence-corrected chi connectivity index (χ4v) is 3.97. The molecule has 4 aromatic heterocycles. The molecule has 164 valence electrons. The molecular formula is C21H18F3N7S. The van der Waals surface area contributed by atoms with Gasteiger partial charge in [-0.3, -0.25) is 19.5 Å². The molecule has 0 spiro atoms. The molecule has 0 bridgehead atoms. The molecule has 0 fully saturated rings. The third-order valence-corrected chi connectivity index (χ3v) is 5.71. The lowest BCUT2D eigenvalue weighted by atomic mass is 10.1. The first-order valence-corrected chi connectivity index (χ1v) is 10.4. The van der Waals surface area contributed by atoms with Gasteiger partial charge in [-0.05, 0) is 37.6 Å². The van der Waals surface area contributed by atoms with Crippen LogP contribution in [0.15, 0.2) is 42.3 Å². The molecule has 0 amide bonds. The molecule has 0 aliphatic carbocycles. The van der Waals surface area contributed by atoms with Crippen LogP contribution in [-0.4, -0.2) is 38.8 Å². The number of alkyl halides is 3. The highest BCUT2D eigenvalue weighted by Gasteiger charge is 2.36. The highest BCUT2D eigenvalue weighted by Crippen LogP contribution is 2.36. The summed E-state index contributed by atoms with van der Waals surface area (Å²) in [4.78, 5) is 13.1. The summed E-state index contributed by atoms with van der Waals surface area (Å²) in [6, 6.07) is 5.77. The summed E-state index contributed by atoms with van der Waals surface area (Å²) in [5.41, 5.74) is 8.16. The lowest BCUT2D eigenvalue weighted by molar-refractivity contribution is -0.151. The summed E-state index contributed by atoms with van der Waals surface area (Å²) in [5, 5.41) is 12.0. The summed E-state index contributed by atoms with van der Waals surface area (Å²) in [6.45, 7) is 2.96. The van der Waals surface area contributed by atoms with Crippen molar-refractivity contribution in [2.75, 3.05) is 12.1 Å². The van der Waals surface area contributed by atoms with Crippen LogP contribution >= 0.6 is 11.3 Å². The molecule has 1 N–H and O–H groups in total. The number of fused-ring (bicyclic) bond motifs is 1. The SMILES string of the molecule is Cc1cnc2c(C#N)c(-c3ccc(N(C)NC(C)C(F)(F)F)cn3)n(-c3cncs3)c2c1. The van der Waals surface area contributed by atoms with Gasteiger partial charge in [0.25, 0.3) is 0 Å². The zero-order valence-corrected chi connectivity index (χ0v) is 18.2. The molecule has 7 nitrogen and oxygen atoms in total. The van der Waals surface area contributed by atoms with E-state index in [9.17, 15) is 18.4 Å². The maximum absolute atomic E-state index is 12.9. The Morgan fingerprint density at radius 1 is 1.22 bits per heavy atom. The fourth-order valence-electron chi connectivity index (χ4n) is 3.32. The number of hydrogen-bond acceptors (Lipinski definition) is 7. The third-order valence-electron chi connectivity index (χ3n) is 4.95. The standard InChI is InChI=1S/C21H18F3N7S/c1-12-6-17-19(28-8-12)15(7-25)20(31(17)18-10-26-11-32-18)16-5-4-14(9-27-16)30(3)29-13(2)21(22,23)24/h4-6,8-11,13,29H,1-3H3. The van der Waals surface area contributed by atoms with Gasteiger partial charge in [-0.15, -0.1) is 11.3 Å². The zero-order chi connectivity index (χ0) is 23.0. The van der Waals surface area contributed by atoms with Crippen molar-refractivity contribution in [3.8, 4) is 22.5 Å². The number of anilines is 1. The Morgan fingerprint density at radius 3 is 2.59 bits per heavy atom. The van der Waals surface area contributed by atoms with Crippen LogP contribution in [0, 0.1) is 18.3 Å². The van der Waals surface area contributed by atoms with Crippen molar-refractivity contribution in [1.82, 2.24) is 24.9 Å². The van der Waals surface area contributed by atoms with Gasteiger partial charge in [-0.2, -0.15) is 18.4 Å². The van der Waals surface area contributed by atoms with E-state index >= 15 is 0 Å².